The summed E-state index contributed by atoms with van der Waals surface area (Å²) in [5.41, 5.74) is 5.55. The fourth-order valence-corrected chi connectivity index (χ4v) is 2.64. The molecule has 0 unspecified atom stereocenters. The van der Waals surface area contributed by atoms with Crippen molar-refractivity contribution in [1.29, 1.82) is 0 Å². The molecule has 1 rings (SSSR count). The van der Waals surface area contributed by atoms with E-state index in [-0.39, 0.29) is 11.8 Å². The molecule has 0 atom stereocenters. The molecule has 0 bridgehead atoms. The second-order valence-corrected chi connectivity index (χ2v) is 5.92. The molecule has 6 nitrogen and oxygen atoms in total. The van der Waals surface area contributed by atoms with E-state index in [9.17, 15) is 9.59 Å². The minimum absolute atomic E-state index is 0.325. The van der Waals surface area contributed by atoms with E-state index in [4.69, 9.17) is 5.73 Å². The molecule has 1 fully saturated rings. The highest BCUT2D eigenvalue weighted by Gasteiger charge is 2.28. The van der Waals surface area contributed by atoms with Crippen LogP contribution in [0.15, 0.2) is 0 Å². The van der Waals surface area contributed by atoms with Crippen molar-refractivity contribution in [2.75, 3.05) is 52.4 Å². The Bertz CT molecular complexity index is 333. The molecule has 1 aliphatic rings. The van der Waals surface area contributed by atoms with Crippen molar-refractivity contribution in [3.63, 3.8) is 0 Å². The van der Waals surface area contributed by atoms with Crippen LogP contribution in [0, 0.1) is 0 Å². The number of piperazine rings is 1. The van der Waals surface area contributed by atoms with Gasteiger partial charge in [0.05, 0.1) is 0 Å². The van der Waals surface area contributed by atoms with Crippen LogP contribution in [0.4, 0.5) is 0 Å². The van der Waals surface area contributed by atoms with Gasteiger partial charge in [0.2, 0.25) is 0 Å². The maximum atomic E-state index is 12.5. The van der Waals surface area contributed by atoms with Gasteiger partial charge in [-0.25, -0.2) is 0 Å². The van der Waals surface area contributed by atoms with Crippen LogP contribution < -0.4 is 5.73 Å². The van der Waals surface area contributed by atoms with Gasteiger partial charge in [-0.3, -0.25) is 14.5 Å². The second-order valence-electron chi connectivity index (χ2n) is 5.92. The summed E-state index contributed by atoms with van der Waals surface area (Å²) in [4.78, 5) is 30.6. The van der Waals surface area contributed by atoms with Crippen molar-refractivity contribution in [2.24, 2.45) is 5.73 Å². The van der Waals surface area contributed by atoms with Crippen LogP contribution in [0.5, 0.6) is 0 Å². The quantitative estimate of drug-likeness (QED) is 0.663. The normalized spacial score (nSPS) is 15.9. The van der Waals surface area contributed by atoms with Gasteiger partial charge < -0.3 is 15.5 Å². The Morgan fingerprint density at radius 1 is 1.00 bits per heavy atom. The van der Waals surface area contributed by atoms with Crippen LogP contribution in [0.2, 0.25) is 0 Å². The van der Waals surface area contributed by atoms with Crippen LogP contribution in [-0.2, 0) is 9.59 Å². The third-order valence-electron chi connectivity index (χ3n) is 4.14. The third kappa shape index (κ3) is 5.93. The van der Waals surface area contributed by atoms with E-state index in [0.717, 1.165) is 45.3 Å². The molecule has 2 N–H and O–H groups in total. The van der Waals surface area contributed by atoms with Crippen molar-refractivity contribution in [2.45, 2.75) is 39.5 Å². The molecule has 0 aromatic carbocycles. The molecular weight excluding hydrogens is 280 g/mol. The van der Waals surface area contributed by atoms with Gasteiger partial charge in [-0.2, -0.15) is 0 Å². The first-order chi connectivity index (χ1) is 10.6. The highest BCUT2D eigenvalue weighted by atomic mass is 16.2. The third-order valence-corrected chi connectivity index (χ3v) is 4.14. The smallest absolute Gasteiger partial charge is 0.312 e. The molecule has 1 aliphatic heterocycles. The number of rotatable bonds is 8. The summed E-state index contributed by atoms with van der Waals surface area (Å²) in [7, 11) is 0. The molecule has 1 heterocycles. The Morgan fingerprint density at radius 2 is 1.55 bits per heavy atom. The zero-order chi connectivity index (χ0) is 16.4. The lowest BCUT2D eigenvalue weighted by Gasteiger charge is -2.35. The molecular formula is C16H32N4O2. The Kier molecular flexibility index (Phi) is 9.08. The van der Waals surface area contributed by atoms with E-state index in [0.29, 0.717) is 32.7 Å². The largest absolute Gasteiger partial charge is 0.334 e. The van der Waals surface area contributed by atoms with Crippen molar-refractivity contribution in [3.05, 3.63) is 0 Å². The SMILES string of the molecule is CCCCN(CCCC)C(=O)C(=O)N1CCN(CCN)CC1. The standard InChI is InChI=1S/C16H32N4O2/c1-3-5-8-19(9-6-4-2)15(21)16(22)20-13-11-18(10-7-17)12-14-20/h3-14,17H2,1-2H3. The number of carbonyl (C=O) groups excluding carboxylic acids is 2. The molecule has 0 aromatic rings. The van der Waals surface area contributed by atoms with E-state index in [2.05, 4.69) is 18.7 Å². The molecule has 1 saturated heterocycles. The van der Waals surface area contributed by atoms with Gasteiger partial charge in [0.25, 0.3) is 0 Å². The van der Waals surface area contributed by atoms with Gasteiger partial charge in [-0.15, -0.1) is 0 Å². The highest BCUT2D eigenvalue weighted by Crippen LogP contribution is 2.06. The predicted octanol–water partition coefficient (Wildman–Crippen LogP) is 0.518. The fourth-order valence-electron chi connectivity index (χ4n) is 2.64. The van der Waals surface area contributed by atoms with Crippen molar-refractivity contribution in [3.8, 4) is 0 Å². The average Bonchev–Trinajstić information content (AvgIpc) is 2.55. The zero-order valence-electron chi connectivity index (χ0n) is 14.2. The molecule has 128 valence electrons. The van der Waals surface area contributed by atoms with Crippen LogP contribution in [0.3, 0.4) is 0 Å². The van der Waals surface area contributed by atoms with E-state index in [1.54, 1.807) is 9.80 Å². The van der Waals surface area contributed by atoms with Crippen LogP contribution in [0.1, 0.15) is 39.5 Å². The number of hydrogen-bond donors (Lipinski definition) is 1. The van der Waals surface area contributed by atoms with Crippen molar-refractivity contribution in [1.82, 2.24) is 14.7 Å². The molecule has 22 heavy (non-hydrogen) atoms. The Morgan fingerprint density at radius 3 is 2.00 bits per heavy atom. The number of nitrogens with zero attached hydrogens (tertiary/aromatic N) is 3. The van der Waals surface area contributed by atoms with Gasteiger partial charge in [0.15, 0.2) is 0 Å². The maximum absolute atomic E-state index is 12.5. The number of nitrogens with two attached hydrogens (primary N) is 1. The Balaban J connectivity index is 2.52. The minimum Gasteiger partial charge on any atom is -0.334 e. The first-order valence-electron chi connectivity index (χ1n) is 8.64. The Hall–Kier alpha value is -1.14. The van der Waals surface area contributed by atoms with Gasteiger partial charge >= 0.3 is 11.8 Å². The highest BCUT2D eigenvalue weighted by molar-refractivity contribution is 6.34. The monoisotopic (exact) mass is 312 g/mol. The molecule has 0 saturated carbocycles. The summed E-state index contributed by atoms with van der Waals surface area (Å²) in [6.07, 6.45) is 3.96. The average molecular weight is 312 g/mol. The lowest BCUT2D eigenvalue weighted by molar-refractivity contribution is -0.153. The summed E-state index contributed by atoms with van der Waals surface area (Å²) < 4.78 is 0. The topological polar surface area (TPSA) is 69.9 Å². The van der Waals surface area contributed by atoms with E-state index in [1.165, 1.54) is 0 Å². The Labute approximate surface area is 134 Å². The second kappa shape index (κ2) is 10.6. The van der Waals surface area contributed by atoms with Gasteiger partial charge in [-0.05, 0) is 12.8 Å². The lowest BCUT2D eigenvalue weighted by Crippen LogP contribution is -2.54. The van der Waals surface area contributed by atoms with Crippen molar-refractivity contribution >= 4 is 11.8 Å². The molecule has 0 aromatic heterocycles. The molecule has 0 radical (unpaired) electrons. The molecule has 0 aliphatic carbocycles. The molecule has 2 amide bonds. The minimum atomic E-state index is -0.334. The van der Waals surface area contributed by atoms with Crippen LogP contribution in [0.25, 0.3) is 0 Å². The summed E-state index contributed by atoms with van der Waals surface area (Å²) >= 11 is 0. The van der Waals surface area contributed by atoms with Gasteiger partial charge in [0.1, 0.15) is 0 Å². The van der Waals surface area contributed by atoms with E-state index < -0.39 is 0 Å². The number of unbranched alkanes of at least 4 members (excludes halogenated alkanes) is 2. The van der Waals surface area contributed by atoms with Crippen LogP contribution in [-0.4, -0.2) is 78.9 Å². The number of hydrogen-bond acceptors (Lipinski definition) is 4. The number of carbonyl (C=O) groups is 2. The first-order valence-corrected chi connectivity index (χ1v) is 8.64. The zero-order valence-corrected chi connectivity index (χ0v) is 14.2. The van der Waals surface area contributed by atoms with Gasteiger partial charge in [0, 0.05) is 52.4 Å². The fraction of sp³-hybridized carbons (Fsp3) is 0.875. The van der Waals surface area contributed by atoms with Crippen LogP contribution >= 0.6 is 0 Å². The maximum Gasteiger partial charge on any atom is 0.312 e. The number of amides is 2. The molecule has 6 heteroatoms. The molecule has 0 spiro atoms. The predicted molar refractivity (Wildman–Crippen MR) is 88.5 cm³/mol. The summed E-state index contributed by atoms with van der Waals surface area (Å²) in [5.74, 6) is -0.659. The van der Waals surface area contributed by atoms with Crippen molar-refractivity contribution < 1.29 is 9.59 Å². The summed E-state index contributed by atoms with van der Waals surface area (Å²) in [5, 5.41) is 0. The van der Waals surface area contributed by atoms with E-state index in [1.807, 2.05) is 0 Å². The summed E-state index contributed by atoms with van der Waals surface area (Å²) in [6.45, 7) is 9.92. The lowest BCUT2D eigenvalue weighted by atomic mass is 10.2. The summed E-state index contributed by atoms with van der Waals surface area (Å²) in [6, 6.07) is 0. The first kappa shape index (κ1) is 18.9. The van der Waals surface area contributed by atoms with Gasteiger partial charge in [-0.1, -0.05) is 26.7 Å². The van der Waals surface area contributed by atoms with E-state index >= 15 is 0 Å².